The minimum atomic E-state index is -3.49. The lowest BCUT2D eigenvalue weighted by atomic mass is 9.99. The summed E-state index contributed by atoms with van der Waals surface area (Å²) in [7, 11) is -0.219. The number of rotatable bonds is 9. The SMILES string of the molecule is CCc1cccc(C)c1C(=O)N1CC(OC)C(Oc2cccc(CS(=O)(=O)N(C)C3CCOCC3)c2)C1. The van der Waals surface area contributed by atoms with Crippen molar-refractivity contribution in [1.82, 2.24) is 9.21 Å². The fourth-order valence-electron chi connectivity index (χ4n) is 5.21. The Hall–Kier alpha value is -2.46. The quantitative estimate of drug-likeness (QED) is 0.494. The molecule has 0 bridgehead atoms. The Labute approximate surface area is 220 Å². The summed E-state index contributed by atoms with van der Waals surface area (Å²) in [5, 5.41) is 0. The van der Waals surface area contributed by atoms with Gasteiger partial charge in [-0.05, 0) is 55.0 Å². The number of benzene rings is 2. The number of carbonyl (C=O) groups excluding carboxylic acids is 1. The van der Waals surface area contributed by atoms with Crippen molar-refractivity contribution in [3.63, 3.8) is 0 Å². The third-order valence-electron chi connectivity index (χ3n) is 7.44. The van der Waals surface area contributed by atoms with E-state index in [0.717, 1.165) is 23.1 Å². The molecular weight excluding hydrogens is 492 g/mol. The molecule has 9 heteroatoms. The van der Waals surface area contributed by atoms with E-state index in [-0.39, 0.29) is 29.9 Å². The Balaban J connectivity index is 1.45. The highest BCUT2D eigenvalue weighted by atomic mass is 32.2. The Morgan fingerprint density at radius 1 is 1.11 bits per heavy atom. The van der Waals surface area contributed by atoms with Crippen LogP contribution in [0.25, 0.3) is 0 Å². The highest BCUT2D eigenvalue weighted by molar-refractivity contribution is 7.88. The van der Waals surface area contributed by atoms with Crippen LogP contribution in [0.1, 0.15) is 46.8 Å². The van der Waals surface area contributed by atoms with E-state index in [9.17, 15) is 13.2 Å². The predicted molar refractivity (Wildman–Crippen MR) is 142 cm³/mol. The third-order valence-corrected chi connectivity index (χ3v) is 9.31. The maximum atomic E-state index is 13.4. The van der Waals surface area contributed by atoms with Gasteiger partial charge in [0.25, 0.3) is 5.91 Å². The number of sulfonamides is 1. The maximum Gasteiger partial charge on any atom is 0.254 e. The number of ether oxygens (including phenoxy) is 3. The number of hydrogen-bond donors (Lipinski definition) is 0. The minimum Gasteiger partial charge on any atom is -0.486 e. The van der Waals surface area contributed by atoms with E-state index in [2.05, 4.69) is 0 Å². The van der Waals surface area contributed by atoms with Gasteiger partial charge < -0.3 is 19.1 Å². The van der Waals surface area contributed by atoms with Crippen LogP contribution in [0.5, 0.6) is 5.75 Å². The van der Waals surface area contributed by atoms with Gasteiger partial charge in [0.1, 0.15) is 18.0 Å². The van der Waals surface area contributed by atoms with Crippen molar-refractivity contribution in [3.05, 3.63) is 64.7 Å². The number of amides is 1. The second-order valence-corrected chi connectivity index (χ2v) is 11.9. The van der Waals surface area contributed by atoms with Crippen molar-refractivity contribution < 1.29 is 27.4 Å². The zero-order chi connectivity index (χ0) is 26.6. The van der Waals surface area contributed by atoms with E-state index in [1.165, 1.54) is 4.31 Å². The summed E-state index contributed by atoms with van der Waals surface area (Å²) < 4.78 is 44.9. The Morgan fingerprint density at radius 3 is 2.51 bits per heavy atom. The smallest absolute Gasteiger partial charge is 0.254 e. The lowest BCUT2D eigenvalue weighted by Gasteiger charge is -2.30. The highest BCUT2D eigenvalue weighted by Gasteiger charge is 2.38. The zero-order valence-electron chi connectivity index (χ0n) is 22.2. The van der Waals surface area contributed by atoms with Crippen molar-refractivity contribution in [1.29, 1.82) is 0 Å². The van der Waals surface area contributed by atoms with Gasteiger partial charge in [0.05, 0.1) is 18.8 Å². The number of nitrogens with zero attached hydrogens (tertiary/aromatic N) is 2. The number of hydrogen-bond acceptors (Lipinski definition) is 6. The topological polar surface area (TPSA) is 85.4 Å². The highest BCUT2D eigenvalue weighted by Crippen LogP contribution is 2.26. The number of likely N-dealkylation sites (tertiary alicyclic amines) is 1. The Bertz CT molecular complexity index is 1190. The molecule has 2 unspecified atom stereocenters. The van der Waals surface area contributed by atoms with Gasteiger partial charge >= 0.3 is 0 Å². The molecule has 4 rings (SSSR count). The summed E-state index contributed by atoms with van der Waals surface area (Å²) >= 11 is 0. The van der Waals surface area contributed by atoms with Crippen LogP contribution in [0, 0.1) is 6.92 Å². The standard InChI is InChI=1S/C28H38N2O6S/c1-5-22-10-6-8-20(2)27(22)28(31)30-17-25(34-4)26(18-30)36-24-11-7-9-21(16-24)19-37(32,33)29(3)23-12-14-35-15-13-23/h6-11,16,23,25-26H,5,12-15,17-19H2,1-4H3. The van der Waals surface area contributed by atoms with Crippen LogP contribution >= 0.6 is 0 Å². The van der Waals surface area contributed by atoms with Crippen molar-refractivity contribution in [2.24, 2.45) is 0 Å². The van der Waals surface area contributed by atoms with E-state index >= 15 is 0 Å². The van der Waals surface area contributed by atoms with Crippen LogP contribution in [0.15, 0.2) is 42.5 Å². The summed E-state index contributed by atoms with van der Waals surface area (Å²) in [5.41, 5.74) is 3.40. The van der Waals surface area contributed by atoms with E-state index in [1.807, 2.05) is 38.1 Å². The fourth-order valence-corrected chi connectivity index (χ4v) is 6.68. The van der Waals surface area contributed by atoms with E-state index < -0.39 is 10.0 Å². The molecule has 37 heavy (non-hydrogen) atoms. The van der Waals surface area contributed by atoms with Crippen LogP contribution in [-0.2, 0) is 31.7 Å². The molecule has 0 aliphatic carbocycles. The van der Waals surface area contributed by atoms with E-state index in [0.29, 0.717) is 50.5 Å². The first-order chi connectivity index (χ1) is 17.7. The molecule has 2 aromatic carbocycles. The second-order valence-electron chi connectivity index (χ2n) is 9.87. The van der Waals surface area contributed by atoms with Gasteiger partial charge in [0.15, 0.2) is 0 Å². The summed E-state index contributed by atoms with van der Waals surface area (Å²) in [6, 6.07) is 13.1. The largest absolute Gasteiger partial charge is 0.486 e. The minimum absolute atomic E-state index is 0.0147. The molecular formula is C28H38N2O6S. The molecule has 1 amide bonds. The average molecular weight is 531 g/mol. The molecule has 8 nitrogen and oxygen atoms in total. The number of methoxy groups -OCH3 is 1. The number of carbonyl (C=O) groups is 1. The van der Waals surface area contributed by atoms with Crippen molar-refractivity contribution >= 4 is 15.9 Å². The third kappa shape index (κ3) is 6.34. The molecule has 2 aliphatic rings. The molecule has 2 aliphatic heterocycles. The molecule has 0 saturated carbocycles. The summed E-state index contributed by atoms with van der Waals surface area (Å²) in [6.45, 7) is 6.00. The van der Waals surface area contributed by atoms with Crippen molar-refractivity contribution in [2.75, 3.05) is 40.5 Å². The molecule has 2 fully saturated rings. The average Bonchev–Trinajstić information content (AvgIpc) is 3.30. The predicted octanol–water partition coefficient (Wildman–Crippen LogP) is 3.42. The first-order valence-electron chi connectivity index (χ1n) is 12.9. The fraction of sp³-hybridized carbons (Fsp3) is 0.536. The van der Waals surface area contributed by atoms with Crippen LogP contribution in [0.3, 0.4) is 0 Å². The summed E-state index contributed by atoms with van der Waals surface area (Å²) in [6.07, 6.45) is 1.54. The lowest BCUT2D eigenvalue weighted by molar-refractivity contribution is 0.0339. The van der Waals surface area contributed by atoms with Gasteiger partial charge in [-0.2, -0.15) is 0 Å². The lowest BCUT2D eigenvalue weighted by Crippen LogP contribution is -2.41. The monoisotopic (exact) mass is 530 g/mol. The van der Waals surface area contributed by atoms with E-state index in [4.69, 9.17) is 14.2 Å². The summed E-state index contributed by atoms with van der Waals surface area (Å²) in [4.78, 5) is 15.2. The molecule has 2 heterocycles. The van der Waals surface area contributed by atoms with Gasteiger partial charge in [-0.15, -0.1) is 0 Å². The molecule has 202 valence electrons. The van der Waals surface area contributed by atoms with Crippen LogP contribution in [0.4, 0.5) is 0 Å². The molecule has 0 spiro atoms. The van der Waals surface area contributed by atoms with Gasteiger partial charge in [-0.3, -0.25) is 4.79 Å². The second kappa shape index (κ2) is 11.9. The molecule has 0 N–H and O–H groups in total. The summed E-state index contributed by atoms with van der Waals surface area (Å²) in [5.74, 6) is 0.445. The first-order valence-corrected chi connectivity index (χ1v) is 14.5. The molecule has 0 aromatic heterocycles. The van der Waals surface area contributed by atoms with Gasteiger partial charge in [0, 0.05) is 39.0 Å². The Kier molecular flexibility index (Phi) is 8.90. The van der Waals surface area contributed by atoms with Gasteiger partial charge in [-0.25, -0.2) is 12.7 Å². The molecule has 2 saturated heterocycles. The number of aryl methyl sites for hydroxylation is 2. The van der Waals surface area contributed by atoms with E-state index in [1.54, 1.807) is 37.3 Å². The van der Waals surface area contributed by atoms with Gasteiger partial charge in [-0.1, -0.05) is 37.3 Å². The molecule has 2 aromatic rings. The van der Waals surface area contributed by atoms with Crippen molar-refractivity contribution in [3.8, 4) is 5.75 Å². The van der Waals surface area contributed by atoms with Crippen molar-refractivity contribution in [2.45, 2.75) is 57.1 Å². The Morgan fingerprint density at radius 2 is 1.81 bits per heavy atom. The molecule has 0 radical (unpaired) electrons. The van der Waals surface area contributed by atoms with Gasteiger partial charge in [0.2, 0.25) is 10.0 Å². The molecule has 2 atom stereocenters. The van der Waals surface area contributed by atoms with Crippen LogP contribution in [0.2, 0.25) is 0 Å². The maximum absolute atomic E-state index is 13.4. The zero-order valence-corrected chi connectivity index (χ0v) is 23.0. The van der Waals surface area contributed by atoms with Crippen LogP contribution in [-0.4, -0.2) is 82.2 Å². The van der Waals surface area contributed by atoms with Crippen LogP contribution < -0.4 is 4.74 Å². The first kappa shape index (κ1) is 27.6. The normalized spacial score (nSPS) is 20.9.